The van der Waals surface area contributed by atoms with E-state index in [0.29, 0.717) is 0 Å². The molecule has 0 saturated carbocycles. The van der Waals surface area contributed by atoms with Gasteiger partial charge in [0.2, 0.25) is 0 Å². The third kappa shape index (κ3) is 8.84. The van der Waals surface area contributed by atoms with Crippen LogP contribution in [-0.4, -0.2) is 71.6 Å². The van der Waals surface area contributed by atoms with Gasteiger partial charge in [-0.2, -0.15) is 0 Å². The molecule has 0 radical (unpaired) electrons. The van der Waals surface area contributed by atoms with E-state index in [0.717, 1.165) is 0 Å². The largest absolute Gasteiger partial charge is 0.465 e. The second-order valence-corrected chi connectivity index (χ2v) is 6.67. The Bertz CT molecular complexity index is 988. The van der Waals surface area contributed by atoms with Gasteiger partial charge < -0.3 is 35.1 Å². The van der Waals surface area contributed by atoms with E-state index in [-0.39, 0.29) is 11.1 Å². The van der Waals surface area contributed by atoms with Gasteiger partial charge in [-0.3, -0.25) is 0 Å². The smallest absolute Gasteiger partial charge is 0.405 e. The van der Waals surface area contributed by atoms with Gasteiger partial charge in [0.15, 0.2) is 12.1 Å². The number of nitrogens with one attached hydrogen (secondary N) is 2. The Kier molecular flexibility index (Phi) is 9.72. The van der Waals surface area contributed by atoms with Gasteiger partial charge in [-0.15, -0.1) is 0 Å². The Balaban J connectivity index is 2.01. The lowest BCUT2D eigenvalue weighted by Gasteiger charge is -2.18. The van der Waals surface area contributed by atoms with Crippen LogP contribution < -0.4 is 10.6 Å². The number of carbonyl (C=O) groups excluding carboxylic acids is 4. The fourth-order valence-corrected chi connectivity index (χ4v) is 2.51. The monoisotopic (exact) mass is 488 g/mol. The van der Waals surface area contributed by atoms with E-state index in [1.807, 2.05) is 0 Å². The van der Waals surface area contributed by atoms with Crippen molar-refractivity contribution < 1.29 is 53.2 Å². The average molecular weight is 488 g/mol. The molecule has 2 aromatic rings. The molecule has 0 bridgehead atoms. The van der Waals surface area contributed by atoms with Gasteiger partial charge >= 0.3 is 36.1 Å². The van der Waals surface area contributed by atoms with Gasteiger partial charge in [0.05, 0.1) is 11.1 Å². The molecule has 0 aromatic heterocycles. The minimum atomic E-state index is -1.82. The fourth-order valence-electron chi connectivity index (χ4n) is 2.51. The van der Waals surface area contributed by atoms with E-state index in [2.05, 4.69) is 4.74 Å². The van der Waals surface area contributed by atoms with Crippen LogP contribution in [0.5, 0.6) is 0 Å². The van der Waals surface area contributed by atoms with Crippen molar-refractivity contribution in [2.75, 3.05) is 13.2 Å². The highest BCUT2D eigenvalue weighted by atomic mass is 16.6. The number of rotatable bonds is 10. The third-order valence-electron chi connectivity index (χ3n) is 4.15. The summed E-state index contributed by atoms with van der Waals surface area (Å²) in [6.45, 7) is -1.65. The van der Waals surface area contributed by atoms with E-state index in [1.54, 1.807) is 47.0 Å². The van der Waals surface area contributed by atoms with Gasteiger partial charge in [0.25, 0.3) is 0 Å². The predicted molar refractivity (Wildman–Crippen MR) is 114 cm³/mol. The molecule has 35 heavy (non-hydrogen) atoms. The maximum atomic E-state index is 12.3. The van der Waals surface area contributed by atoms with Gasteiger partial charge in [-0.05, 0) is 24.3 Å². The summed E-state index contributed by atoms with van der Waals surface area (Å²) < 4.78 is 14.3. The maximum Gasteiger partial charge on any atom is 0.405 e. The van der Waals surface area contributed by atoms with Gasteiger partial charge in [-0.25, -0.2) is 28.8 Å². The molecule has 0 heterocycles. The zero-order valence-electron chi connectivity index (χ0n) is 17.9. The number of ether oxygens (including phenoxy) is 3. The molecule has 13 nitrogen and oxygen atoms in total. The van der Waals surface area contributed by atoms with Crippen LogP contribution in [0.2, 0.25) is 0 Å². The summed E-state index contributed by atoms with van der Waals surface area (Å²) in [6, 6.07) is 11.5. The Labute approximate surface area is 197 Å². The summed E-state index contributed by atoms with van der Waals surface area (Å²) in [4.78, 5) is 70.8. The molecule has 2 rings (SSSR count). The van der Waals surface area contributed by atoms with Crippen molar-refractivity contribution in [1.29, 1.82) is 0 Å². The fraction of sp³-hybridized carbons (Fsp3) is 0.182. The molecular weight excluding hydrogens is 468 g/mol. The normalized spacial score (nSPS) is 11.8. The van der Waals surface area contributed by atoms with Crippen LogP contribution in [0.3, 0.4) is 0 Å². The maximum absolute atomic E-state index is 12.3. The van der Waals surface area contributed by atoms with Gasteiger partial charge in [0, 0.05) is 0 Å². The number of carbonyl (C=O) groups is 6. The van der Waals surface area contributed by atoms with Crippen molar-refractivity contribution in [1.82, 2.24) is 10.6 Å². The molecule has 2 aromatic carbocycles. The van der Waals surface area contributed by atoms with Crippen LogP contribution in [0.15, 0.2) is 60.7 Å². The molecule has 184 valence electrons. The van der Waals surface area contributed by atoms with Crippen molar-refractivity contribution in [3.05, 3.63) is 71.8 Å². The lowest BCUT2D eigenvalue weighted by atomic mass is 10.2. The zero-order chi connectivity index (χ0) is 25.8. The molecule has 0 aliphatic rings. The Hall–Kier alpha value is -4.94. The molecule has 2 amide bonds. The molecule has 0 saturated heterocycles. The quantitative estimate of drug-likeness (QED) is 0.212. The van der Waals surface area contributed by atoms with Crippen LogP contribution in [0.4, 0.5) is 9.59 Å². The summed E-state index contributed by atoms with van der Waals surface area (Å²) in [5.74, 6) is -4.71. The number of benzene rings is 2. The van der Waals surface area contributed by atoms with Gasteiger partial charge in [-0.1, -0.05) is 36.4 Å². The second-order valence-electron chi connectivity index (χ2n) is 6.67. The van der Waals surface area contributed by atoms with Crippen LogP contribution in [-0.2, 0) is 23.8 Å². The SMILES string of the molecule is O=C(O)N[C@@H](COC(=O)c1ccccc1)C(=O)OC(=O)[C@H](COC(=O)c1ccccc1)NC(=O)O. The number of carboxylic acid groups (broad SMARTS) is 2. The molecule has 13 heteroatoms. The molecule has 2 atom stereocenters. The predicted octanol–water partition coefficient (Wildman–Crippen LogP) is 1.04. The first-order valence-corrected chi connectivity index (χ1v) is 9.86. The highest BCUT2D eigenvalue weighted by Crippen LogP contribution is 2.05. The first-order chi connectivity index (χ1) is 16.7. The highest BCUT2D eigenvalue weighted by Gasteiger charge is 2.31. The topological polar surface area (TPSA) is 195 Å². The van der Waals surface area contributed by atoms with Crippen molar-refractivity contribution in [2.24, 2.45) is 0 Å². The Morgan fingerprint density at radius 2 is 0.971 bits per heavy atom. The van der Waals surface area contributed by atoms with Crippen molar-refractivity contribution >= 4 is 36.1 Å². The third-order valence-corrected chi connectivity index (χ3v) is 4.15. The minimum Gasteiger partial charge on any atom is -0.465 e. The number of esters is 4. The van der Waals surface area contributed by atoms with Crippen LogP contribution >= 0.6 is 0 Å². The minimum absolute atomic E-state index is 0.122. The van der Waals surface area contributed by atoms with E-state index < -0.39 is 61.4 Å². The van der Waals surface area contributed by atoms with Gasteiger partial charge in [0.1, 0.15) is 13.2 Å². The first-order valence-electron chi connectivity index (χ1n) is 9.86. The molecule has 4 N–H and O–H groups in total. The average Bonchev–Trinajstić information content (AvgIpc) is 2.84. The second kappa shape index (κ2) is 12.9. The summed E-state index contributed by atoms with van der Waals surface area (Å²) in [5.41, 5.74) is 0.244. The van der Waals surface area contributed by atoms with Crippen LogP contribution in [0, 0.1) is 0 Å². The van der Waals surface area contributed by atoms with E-state index in [4.69, 9.17) is 19.7 Å². The van der Waals surface area contributed by atoms with E-state index in [9.17, 15) is 28.8 Å². The van der Waals surface area contributed by atoms with Crippen LogP contribution in [0.1, 0.15) is 20.7 Å². The molecule has 0 fully saturated rings. The summed E-state index contributed by atoms with van der Waals surface area (Å²) in [7, 11) is 0. The lowest BCUT2D eigenvalue weighted by molar-refractivity contribution is -0.163. The number of amides is 2. The van der Waals surface area contributed by atoms with Crippen molar-refractivity contribution in [3.8, 4) is 0 Å². The summed E-state index contributed by atoms with van der Waals surface area (Å²) in [5, 5.41) is 21.3. The molecule has 0 spiro atoms. The molecule has 0 aliphatic heterocycles. The molecular formula is C22H20N2O11. The van der Waals surface area contributed by atoms with E-state index >= 15 is 0 Å². The van der Waals surface area contributed by atoms with Crippen LogP contribution in [0.25, 0.3) is 0 Å². The Morgan fingerprint density at radius 1 is 0.629 bits per heavy atom. The summed E-state index contributed by atoms with van der Waals surface area (Å²) in [6.07, 6.45) is -3.38. The van der Waals surface area contributed by atoms with Crippen molar-refractivity contribution in [3.63, 3.8) is 0 Å². The first kappa shape index (κ1) is 26.3. The Morgan fingerprint density at radius 3 is 1.29 bits per heavy atom. The van der Waals surface area contributed by atoms with Crippen molar-refractivity contribution in [2.45, 2.75) is 12.1 Å². The molecule has 0 aliphatic carbocycles. The summed E-state index contributed by atoms with van der Waals surface area (Å²) >= 11 is 0. The lowest BCUT2D eigenvalue weighted by Crippen LogP contribution is -2.49. The molecule has 0 unspecified atom stereocenters. The standard InChI is InChI=1S/C22H20N2O11/c25-17(13-7-3-1-4-8-13)33-11-15(23-21(29)30)19(27)35-20(28)16(24-22(31)32)12-34-18(26)14-9-5-2-6-10-14/h1-10,15-16,23-24H,11-12H2,(H,29,30)(H,31,32)/t15-,16-/m0/s1. The van der Waals surface area contributed by atoms with E-state index in [1.165, 1.54) is 24.3 Å². The number of hydrogen-bond acceptors (Lipinski definition) is 9. The highest BCUT2D eigenvalue weighted by molar-refractivity contribution is 5.94. The number of hydrogen-bond donors (Lipinski definition) is 4. The zero-order valence-corrected chi connectivity index (χ0v) is 17.9.